The first-order chi connectivity index (χ1) is 8.01. The highest BCUT2D eigenvalue weighted by molar-refractivity contribution is 4.96. The number of hydrogen-bond acceptors (Lipinski definition) is 2. The van der Waals surface area contributed by atoms with Gasteiger partial charge in [-0.3, -0.25) is 0 Å². The summed E-state index contributed by atoms with van der Waals surface area (Å²) in [5, 5.41) is 3.79. The van der Waals surface area contributed by atoms with Crippen molar-refractivity contribution in [3.63, 3.8) is 0 Å². The van der Waals surface area contributed by atoms with Crippen LogP contribution >= 0.6 is 0 Å². The Hall–Kier alpha value is -0.0800. The zero-order valence-electron chi connectivity index (χ0n) is 12.6. The second-order valence-corrected chi connectivity index (χ2v) is 6.48. The van der Waals surface area contributed by atoms with E-state index in [0.29, 0.717) is 11.5 Å². The minimum atomic E-state index is 0.479. The summed E-state index contributed by atoms with van der Waals surface area (Å²) in [6, 6.07) is 0.710. The fourth-order valence-electron chi connectivity index (χ4n) is 3.33. The van der Waals surface area contributed by atoms with E-state index in [1.807, 2.05) is 0 Å². The minimum absolute atomic E-state index is 0.479. The van der Waals surface area contributed by atoms with E-state index in [2.05, 4.69) is 45.0 Å². The predicted octanol–water partition coefficient (Wildman–Crippen LogP) is 3.13. The van der Waals surface area contributed by atoms with Crippen molar-refractivity contribution in [2.24, 2.45) is 11.3 Å². The molecule has 0 amide bonds. The molecular weight excluding hydrogens is 208 g/mol. The Morgan fingerprint density at radius 1 is 1.24 bits per heavy atom. The molecule has 0 spiro atoms. The third-order valence-corrected chi connectivity index (χ3v) is 4.24. The van der Waals surface area contributed by atoms with Crippen molar-refractivity contribution in [2.45, 2.75) is 59.4 Å². The topological polar surface area (TPSA) is 15.3 Å². The maximum Gasteiger partial charge on any atom is 0.0159 e. The number of rotatable bonds is 7. The van der Waals surface area contributed by atoms with E-state index in [-0.39, 0.29) is 0 Å². The molecule has 2 atom stereocenters. The average Bonchev–Trinajstić information content (AvgIpc) is 2.52. The summed E-state index contributed by atoms with van der Waals surface area (Å²) in [4.78, 5) is 2.51. The SMILES string of the molecule is CCCNC1C(CN(C)CCC)CCC1(C)C. The van der Waals surface area contributed by atoms with Gasteiger partial charge in [-0.05, 0) is 57.2 Å². The second kappa shape index (κ2) is 6.75. The Morgan fingerprint density at radius 3 is 2.53 bits per heavy atom. The molecule has 1 N–H and O–H groups in total. The molecule has 0 aromatic carbocycles. The van der Waals surface area contributed by atoms with Crippen molar-refractivity contribution in [3.05, 3.63) is 0 Å². The molecule has 1 rings (SSSR count). The van der Waals surface area contributed by atoms with Crippen LogP contribution < -0.4 is 5.32 Å². The molecule has 1 aliphatic carbocycles. The Labute approximate surface area is 108 Å². The van der Waals surface area contributed by atoms with Crippen LogP contribution in [0.4, 0.5) is 0 Å². The lowest BCUT2D eigenvalue weighted by molar-refractivity contribution is 0.203. The lowest BCUT2D eigenvalue weighted by Gasteiger charge is -2.33. The van der Waals surface area contributed by atoms with Crippen molar-refractivity contribution in [1.82, 2.24) is 10.2 Å². The third kappa shape index (κ3) is 4.26. The van der Waals surface area contributed by atoms with E-state index in [4.69, 9.17) is 0 Å². The van der Waals surface area contributed by atoms with E-state index in [0.717, 1.165) is 5.92 Å². The fraction of sp³-hybridized carbons (Fsp3) is 1.00. The molecule has 17 heavy (non-hydrogen) atoms. The molecule has 102 valence electrons. The van der Waals surface area contributed by atoms with Gasteiger partial charge in [0.05, 0.1) is 0 Å². The third-order valence-electron chi connectivity index (χ3n) is 4.24. The predicted molar refractivity (Wildman–Crippen MR) is 76.4 cm³/mol. The lowest BCUT2D eigenvalue weighted by atomic mass is 9.84. The molecule has 0 aliphatic heterocycles. The molecule has 2 unspecified atom stereocenters. The quantitative estimate of drug-likeness (QED) is 0.735. The van der Waals surface area contributed by atoms with E-state index in [9.17, 15) is 0 Å². The number of nitrogens with one attached hydrogen (secondary N) is 1. The van der Waals surface area contributed by atoms with Crippen LogP contribution in [-0.4, -0.2) is 37.6 Å². The molecule has 1 fully saturated rings. The Bertz CT molecular complexity index is 213. The van der Waals surface area contributed by atoms with Gasteiger partial charge < -0.3 is 10.2 Å². The van der Waals surface area contributed by atoms with Crippen molar-refractivity contribution in [3.8, 4) is 0 Å². The zero-order chi connectivity index (χ0) is 12.9. The van der Waals surface area contributed by atoms with E-state index in [1.54, 1.807) is 0 Å². The van der Waals surface area contributed by atoms with E-state index < -0.39 is 0 Å². The van der Waals surface area contributed by atoms with Crippen LogP contribution in [0.2, 0.25) is 0 Å². The molecular formula is C15H32N2. The van der Waals surface area contributed by atoms with Crippen LogP contribution in [-0.2, 0) is 0 Å². The molecule has 2 nitrogen and oxygen atoms in total. The number of nitrogens with zero attached hydrogens (tertiary/aromatic N) is 1. The highest BCUT2D eigenvalue weighted by Gasteiger charge is 2.41. The highest BCUT2D eigenvalue weighted by atomic mass is 15.1. The highest BCUT2D eigenvalue weighted by Crippen LogP contribution is 2.41. The van der Waals surface area contributed by atoms with Gasteiger partial charge in [-0.1, -0.05) is 27.7 Å². The first-order valence-corrected chi connectivity index (χ1v) is 7.43. The summed E-state index contributed by atoms with van der Waals surface area (Å²) in [5.74, 6) is 0.841. The molecule has 0 heterocycles. The van der Waals surface area contributed by atoms with Crippen LogP contribution in [0.3, 0.4) is 0 Å². The first-order valence-electron chi connectivity index (χ1n) is 7.43. The van der Waals surface area contributed by atoms with Crippen molar-refractivity contribution >= 4 is 0 Å². The maximum absolute atomic E-state index is 3.79. The largest absolute Gasteiger partial charge is 0.313 e. The lowest BCUT2D eigenvalue weighted by Crippen LogP contribution is -2.45. The first kappa shape index (κ1) is 15.0. The van der Waals surface area contributed by atoms with Gasteiger partial charge in [0, 0.05) is 12.6 Å². The smallest absolute Gasteiger partial charge is 0.0159 e. The van der Waals surface area contributed by atoms with Crippen molar-refractivity contribution < 1.29 is 0 Å². The number of hydrogen-bond donors (Lipinski definition) is 1. The van der Waals surface area contributed by atoms with Crippen LogP contribution in [0.5, 0.6) is 0 Å². The molecule has 0 radical (unpaired) electrons. The molecule has 2 heteroatoms. The van der Waals surface area contributed by atoms with Gasteiger partial charge in [-0.25, -0.2) is 0 Å². The van der Waals surface area contributed by atoms with E-state index >= 15 is 0 Å². The van der Waals surface area contributed by atoms with Crippen LogP contribution in [0.25, 0.3) is 0 Å². The molecule has 1 aliphatic rings. The average molecular weight is 240 g/mol. The van der Waals surface area contributed by atoms with Crippen LogP contribution in [0, 0.1) is 11.3 Å². The fourth-order valence-corrected chi connectivity index (χ4v) is 3.33. The summed E-state index contributed by atoms with van der Waals surface area (Å²) in [6.45, 7) is 13.0. The monoisotopic (exact) mass is 240 g/mol. The summed E-state index contributed by atoms with van der Waals surface area (Å²) in [7, 11) is 2.27. The Morgan fingerprint density at radius 2 is 1.94 bits per heavy atom. The molecule has 1 saturated carbocycles. The Balaban J connectivity index is 2.52. The van der Waals surface area contributed by atoms with Gasteiger partial charge in [0.15, 0.2) is 0 Å². The van der Waals surface area contributed by atoms with Gasteiger partial charge in [0.2, 0.25) is 0 Å². The molecule has 0 saturated heterocycles. The van der Waals surface area contributed by atoms with Crippen LogP contribution in [0.1, 0.15) is 53.4 Å². The van der Waals surface area contributed by atoms with Gasteiger partial charge in [-0.15, -0.1) is 0 Å². The van der Waals surface area contributed by atoms with Crippen LogP contribution in [0.15, 0.2) is 0 Å². The summed E-state index contributed by atoms with van der Waals surface area (Å²) >= 11 is 0. The summed E-state index contributed by atoms with van der Waals surface area (Å²) in [5.41, 5.74) is 0.479. The van der Waals surface area contributed by atoms with Gasteiger partial charge in [0.1, 0.15) is 0 Å². The van der Waals surface area contributed by atoms with Gasteiger partial charge >= 0.3 is 0 Å². The summed E-state index contributed by atoms with van der Waals surface area (Å²) < 4.78 is 0. The second-order valence-electron chi connectivity index (χ2n) is 6.48. The normalized spacial score (nSPS) is 27.9. The van der Waals surface area contributed by atoms with Crippen molar-refractivity contribution in [2.75, 3.05) is 26.7 Å². The van der Waals surface area contributed by atoms with E-state index in [1.165, 1.54) is 45.3 Å². The Kier molecular flexibility index (Phi) is 5.94. The molecule has 0 aromatic heterocycles. The molecule has 0 aromatic rings. The molecule has 0 bridgehead atoms. The summed E-state index contributed by atoms with van der Waals surface area (Å²) in [6.07, 6.45) is 5.27. The van der Waals surface area contributed by atoms with Gasteiger partial charge in [-0.2, -0.15) is 0 Å². The minimum Gasteiger partial charge on any atom is -0.313 e. The maximum atomic E-state index is 3.79. The van der Waals surface area contributed by atoms with Crippen molar-refractivity contribution in [1.29, 1.82) is 0 Å². The standard InChI is InChI=1S/C15H32N2/c1-6-10-16-14-13(8-9-15(14,3)4)12-17(5)11-7-2/h13-14,16H,6-12H2,1-5H3. The van der Waals surface area contributed by atoms with Gasteiger partial charge in [0.25, 0.3) is 0 Å². The zero-order valence-corrected chi connectivity index (χ0v) is 12.6.